The van der Waals surface area contributed by atoms with Gasteiger partial charge in [-0.15, -0.1) is 0 Å². The van der Waals surface area contributed by atoms with Gasteiger partial charge in [-0.2, -0.15) is 10.1 Å². The lowest BCUT2D eigenvalue weighted by atomic mass is 10.1. The highest BCUT2D eigenvalue weighted by molar-refractivity contribution is 5.80. The summed E-state index contributed by atoms with van der Waals surface area (Å²) in [6.07, 6.45) is 1.64. The fraction of sp³-hybridized carbons (Fsp3) is 0.182. The van der Waals surface area contributed by atoms with E-state index < -0.39 is 11.2 Å². The Bertz CT molecular complexity index is 1360. The predicted octanol–water partition coefficient (Wildman–Crippen LogP) is 2.23. The van der Waals surface area contributed by atoms with Gasteiger partial charge in [-0.05, 0) is 42.3 Å². The molecule has 9 nitrogen and oxygen atoms in total. The average molecular weight is 418 g/mol. The van der Waals surface area contributed by atoms with E-state index in [1.807, 2.05) is 55.5 Å². The predicted molar refractivity (Wildman–Crippen MR) is 120 cm³/mol. The van der Waals surface area contributed by atoms with Crippen molar-refractivity contribution in [2.24, 2.45) is 12.1 Å². The van der Waals surface area contributed by atoms with Crippen molar-refractivity contribution in [1.29, 1.82) is 0 Å². The summed E-state index contributed by atoms with van der Waals surface area (Å²) in [4.78, 5) is 31.4. The zero-order chi connectivity index (χ0) is 22.0. The van der Waals surface area contributed by atoms with E-state index in [4.69, 9.17) is 4.74 Å². The molecule has 31 heavy (non-hydrogen) atoms. The Hall–Kier alpha value is -4.14. The molecular formula is C22H22N6O3. The second-order valence-corrected chi connectivity index (χ2v) is 7.14. The van der Waals surface area contributed by atoms with E-state index in [2.05, 4.69) is 20.5 Å². The molecule has 0 saturated carbocycles. The lowest BCUT2D eigenvalue weighted by Gasteiger charge is -2.08. The molecule has 0 unspecified atom stereocenters. The van der Waals surface area contributed by atoms with Gasteiger partial charge in [0.25, 0.3) is 5.56 Å². The van der Waals surface area contributed by atoms with Gasteiger partial charge in [-0.3, -0.25) is 18.9 Å². The Balaban J connectivity index is 1.73. The first kappa shape index (κ1) is 20.1. The van der Waals surface area contributed by atoms with Crippen molar-refractivity contribution >= 4 is 23.3 Å². The lowest BCUT2D eigenvalue weighted by molar-refractivity contribution is 0.415. The molecule has 0 aliphatic rings. The summed E-state index contributed by atoms with van der Waals surface area (Å²) < 4.78 is 8.17. The number of hydrogen-bond acceptors (Lipinski definition) is 6. The Morgan fingerprint density at radius 2 is 1.84 bits per heavy atom. The number of aromatic nitrogens is 4. The number of aromatic amines is 1. The molecule has 0 bridgehead atoms. The monoisotopic (exact) mass is 418 g/mol. The molecule has 0 radical (unpaired) electrons. The summed E-state index contributed by atoms with van der Waals surface area (Å²) in [7, 11) is 3.17. The number of fused-ring (bicyclic) bond motifs is 1. The molecule has 2 heterocycles. The zero-order valence-corrected chi connectivity index (χ0v) is 17.4. The van der Waals surface area contributed by atoms with Crippen molar-refractivity contribution < 1.29 is 4.74 Å². The number of aryl methyl sites for hydroxylation is 2. The van der Waals surface area contributed by atoms with Crippen LogP contribution in [0, 0.1) is 6.92 Å². The van der Waals surface area contributed by atoms with Crippen LogP contribution in [0.5, 0.6) is 5.75 Å². The number of anilines is 1. The van der Waals surface area contributed by atoms with Gasteiger partial charge in [-0.25, -0.2) is 10.2 Å². The lowest BCUT2D eigenvalue weighted by Crippen LogP contribution is -2.29. The second-order valence-electron chi connectivity index (χ2n) is 7.14. The number of nitrogens with one attached hydrogen (secondary N) is 2. The normalized spacial score (nSPS) is 11.3. The van der Waals surface area contributed by atoms with Crippen LogP contribution in [0.1, 0.15) is 16.7 Å². The number of benzene rings is 2. The molecule has 2 aromatic heterocycles. The molecule has 9 heteroatoms. The van der Waals surface area contributed by atoms with Crippen LogP contribution >= 0.6 is 0 Å². The Morgan fingerprint density at radius 1 is 1.13 bits per heavy atom. The van der Waals surface area contributed by atoms with E-state index in [9.17, 15) is 9.59 Å². The van der Waals surface area contributed by atoms with Crippen LogP contribution in [0.2, 0.25) is 0 Å². The quantitative estimate of drug-likeness (QED) is 0.369. The second kappa shape index (κ2) is 8.31. The summed E-state index contributed by atoms with van der Waals surface area (Å²) in [6.45, 7) is 2.40. The standard InChI is InChI=1S/C22H22N6O3/c1-14-4-6-16(7-5-14)13-28-18-19(27(2)22(30)25-20(18)29)24-21(28)26-23-12-15-8-10-17(31-3)11-9-15/h4-12H,13H2,1-3H3,(H,24,26)(H,25,29,30)/b23-12-. The van der Waals surface area contributed by atoms with Crippen molar-refractivity contribution in [3.05, 3.63) is 86.1 Å². The average Bonchev–Trinajstić information content (AvgIpc) is 3.13. The first-order chi connectivity index (χ1) is 15.0. The van der Waals surface area contributed by atoms with E-state index in [1.54, 1.807) is 24.9 Å². The number of imidazole rings is 1. The van der Waals surface area contributed by atoms with Gasteiger partial charge in [0, 0.05) is 7.05 Å². The fourth-order valence-corrected chi connectivity index (χ4v) is 3.20. The largest absolute Gasteiger partial charge is 0.497 e. The van der Waals surface area contributed by atoms with Gasteiger partial charge in [0.2, 0.25) is 5.95 Å². The topological polar surface area (TPSA) is 106 Å². The molecule has 4 rings (SSSR count). The molecule has 158 valence electrons. The Kier molecular flexibility index (Phi) is 5.40. The van der Waals surface area contributed by atoms with Gasteiger partial charge in [0.15, 0.2) is 11.2 Å². The number of hydrogen-bond donors (Lipinski definition) is 2. The summed E-state index contributed by atoms with van der Waals surface area (Å²) in [5.74, 6) is 1.11. The van der Waals surface area contributed by atoms with Crippen molar-refractivity contribution in [2.45, 2.75) is 13.5 Å². The van der Waals surface area contributed by atoms with E-state index in [1.165, 1.54) is 4.57 Å². The maximum Gasteiger partial charge on any atom is 0.329 e. The minimum absolute atomic E-state index is 0.281. The molecule has 2 N–H and O–H groups in total. The molecule has 2 aromatic carbocycles. The Morgan fingerprint density at radius 3 is 2.52 bits per heavy atom. The van der Waals surface area contributed by atoms with E-state index >= 15 is 0 Å². The summed E-state index contributed by atoms with van der Waals surface area (Å²) >= 11 is 0. The summed E-state index contributed by atoms with van der Waals surface area (Å²) in [6, 6.07) is 15.4. The number of H-pyrrole nitrogens is 1. The third kappa shape index (κ3) is 4.11. The van der Waals surface area contributed by atoms with Crippen LogP contribution in [-0.4, -0.2) is 32.4 Å². The smallest absolute Gasteiger partial charge is 0.329 e. The van der Waals surface area contributed by atoms with E-state index in [-0.39, 0.29) is 5.65 Å². The van der Waals surface area contributed by atoms with Crippen LogP contribution in [0.15, 0.2) is 63.2 Å². The molecular weight excluding hydrogens is 396 g/mol. The summed E-state index contributed by atoms with van der Waals surface area (Å²) in [5.41, 5.74) is 5.45. The molecule has 0 aliphatic carbocycles. The number of nitrogens with zero attached hydrogens (tertiary/aromatic N) is 4. The first-order valence-corrected chi connectivity index (χ1v) is 9.64. The highest BCUT2D eigenvalue weighted by Gasteiger charge is 2.17. The van der Waals surface area contributed by atoms with Gasteiger partial charge in [0.05, 0.1) is 19.9 Å². The SMILES string of the molecule is COc1ccc(/C=N\Nc2nc3c(c(=O)[nH]c(=O)n3C)n2Cc2ccc(C)cc2)cc1. The molecule has 0 saturated heterocycles. The maximum absolute atomic E-state index is 12.6. The van der Waals surface area contributed by atoms with Gasteiger partial charge in [0.1, 0.15) is 5.75 Å². The van der Waals surface area contributed by atoms with E-state index in [0.717, 1.165) is 22.4 Å². The molecule has 4 aromatic rings. The molecule has 0 aliphatic heterocycles. The van der Waals surface area contributed by atoms with Gasteiger partial charge >= 0.3 is 5.69 Å². The summed E-state index contributed by atoms with van der Waals surface area (Å²) in [5, 5.41) is 4.26. The Labute approximate surface area is 177 Å². The first-order valence-electron chi connectivity index (χ1n) is 9.64. The highest BCUT2D eigenvalue weighted by Crippen LogP contribution is 2.18. The highest BCUT2D eigenvalue weighted by atomic mass is 16.5. The minimum Gasteiger partial charge on any atom is -0.497 e. The molecule has 0 fully saturated rings. The van der Waals surface area contributed by atoms with Crippen LogP contribution in [0.25, 0.3) is 11.2 Å². The van der Waals surface area contributed by atoms with Crippen LogP contribution < -0.4 is 21.4 Å². The zero-order valence-electron chi connectivity index (χ0n) is 17.4. The van der Waals surface area contributed by atoms with Gasteiger partial charge < -0.3 is 4.74 Å². The van der Waals surface area contributed by atoms with Crippen molar-refractivity contribution in [3.8, 4) is 5.75 Å². The third-order valence-corrected chi connectivity index (χ3v) is 4.96. The fourth-order valence-electron chi connectivity index (χ4n) is 3.20. The molecule has 0 atom stereocenters. The van der Waals surface area contributed by atoms with Crippen molar-refractivity contribution in [3.63, 3.8) is 0 Å². The van der Waals surface area contributed by atoms with Crippen LogP contribution in [0.3, 0.4) is 0 Å². The van der Waals surface area contributed by atoms with Crippen molar-refractivity contribution in [2.75, 3.05) is 12.5 Å². The number of ether oxygens (including phenoxy) is 1. The maximum atomic E-state index is 12.6. The van der Waals surface area contributed by atoms with Crippen molar-refractivity contribution in [1.82, 2.24) is 19.1 Å². The number of rotatable bonds is 6. The molecule has 0 amide bonds. The van der Waals surface area contributed by atoms with E-state index in [0.29, 0.717) is 18.0 Å². The van der Waals surface area contributed by atoms with Crippen LogP contribution in [-0.2, 0) is 13.6 Å². The van der Waals surface area contributed by atoms with Crippen LogP contribution in [0.4, 0.5) is 5.95 Å². The minimum atomic E-state index is -0.522. The number of methoxy groups -OCH3 is 1. The van der Waals surface area contributed by atoms with Gasteiger partial charge in [-0.1, -0.05) is 29.8 Å². The third-order valence-electron chi connectivity index (χ3n) is 4.96. The molecule has 0 spiro atoms. The number of hydrazone groups is 1.